The Morgan fingerprint density at radius 2 is 1.95 bits per heavy atom. The molecule has 1 aliphatic rings. The molecule has 0 aliphatic heterocycles. The molecule has 0 radical (unpaired) electrons. The van der Waals surface area contributed by atoms with Crippen molar-refractivity contribution in [2.45, 2.75) is 78.3 Å². The number of aliphatic hydroxyl groups excluding tert-OH is 1. The predicted octanol–water partition coefficient (Wildman–Crippen LogP) is 3.27. The largest absolute Gasteiger partial charge is 0.395 e. The molecule has 3 unspecified atom stereocenters. The van der Waals surface area contributed by atoms with Gasteiger partial charge in [0.05, 0.1) is 6.61 Å². The maximum absolute atomic E-state index is 9.30. The molecule has 21 heavy (non-hydrogen) atoms. The van der Waals surface area contributed by atoms with E-state index in [0.29, 0.717) is 12.1 Å². The zero-order valence-electron chi connectivity index (χ0n) is 14.8. The van der Waals surface area contributed by atoms with Gasteiger partial charge in [-0.05, 0) is 57.9 Å². The number of aliphatic hydroxyl groups is 1. The summed E-state index contributed by atoms with van der Waals surface area (Å²) in [7, 11) is 0. The van der Waals surface area contributed by atoms with Gasteiger partial charge in [-0.25, -0.2) is 0 Å². The monoisotopic (exact) mass is 298 g/mol. The molecule has 1 rings (SSSR count). The summed E-state index contributed by atoms with van der Waals surface area (Å²) in [5, 5.41) is 13.1. The number of rotatable bonds is 10. The molecule has 1 fully saturated rings. The minimum absolute atomic E-state index is 0.274. The Kier molecular flexibility index (Phi) is 9.54. The second-order valence-electron chi connectivity index (χ2n) is 7.10. The summed E-state index contributed by atoms with van der Waals surface area (Å²) in [5.74, 6) is 1.67. The van der Waals surface area contributed by atoms with Crippen molar-refractivity contribution in [3.8, 4) is 0 Å². The van der Waals surface area contributed by atoms with E-state index in [2.05, 4.69) is 37.9 Å². The Balaban J connectivity index is 2.62. The van der Waals surface area contributed by atoms with Crippen LogP contribution in [0.2, 0.25) is 0 Å². The molecule has 2 N–H and O–H groups in total. The van der Waals surface area contributed by atoms with Gasteiger partial charge in [-0.1, -0.05) is 26.7 Å². The van der Waals surface area contributed by atoms with Gasteiger partial charge >= 0.3 is 0 Å². The van der Waals surface area contributed by atoms with Crippen LogP contribution in [0, 0.1) is 11.8 Å². The van der Waals surface area contributed by atoms with E-state index in [1.165, 1.54) is 38.5 Å². The summed E-state index contributed by atoms with van der Waals surface area (Å²) < 4.78 is 0. The Bertz CT molecular complexity index is 258. The molecule has 0 aromatic heterocycles. The molecule has 0 saturated heterocycles. The molecule has 0 aromatic rings. The normalized spacial score (nSPS) is 26.7. The fraction of sp³-hybridized carbons (Fsp3) is 1.00. The van der Waals surface area contributed by atoms with Crippen molar-refractivity contribution < 1.29 is 5.11 Å². The molecular formula is C18H38N2O. The molecule has 0 amide bonds. The fourth-order valence-corrected chi connectivity index (χ4v) is 3.82. The highest BCUT2D eigenvalue weighted by atomic mass is 16.3. The summed E-state index contributed by atoms with van der Waals surface area (Å²) in [6, 6.07) is 1.20. The number of nitrogens with one attached hydrogen (secondary N) is 1. The van der Waals surface area contributed by atoms with Crippen molar-refractivity contribution in [2.24, 2.45) is 11.8 Å². The molecular weight excluding hydrogens is 260 g/mol. The van der Waals surface area contributed by atoms with Gasteiger partial charge in [0.15, 0.2) is 0 Å². The van der Waals surface area contributed by atoms with Crippen LogP contribution in [0.5, 0.6) is 0 Å². The van der Waals surface area contributed by atoms with Crippen LogP contribution in [-0.2, 0) is 0 Å². The smallest absolute Gasteiger partial charge is 0.0558 e. The zero-order valence-corrected chi connectivity index (χ0v) is 14.8. The van der Waals surface area contributed by atoms with E-state index in [1.807, 2.05) is 0 Å². The number of nitrogens with zero attached hydrogens (tertiary/aromatic N) is 1. The van der Waals surface area contributed by atoms with Gasteiger partial charge in [-0.3, -0.25) is 4.90 Å². The molecule has 3 atom stereocenters. The van der Waals surface area contributed by atoms with Crippen LogP contribution in [0.15, 0.2) is 0 Å². The predicted molar refractivity (Wildman–Crippen MR) is 91.6 cm³/mol. The summed E-state index contributed by atoms with van der Waals surface area (Å²) in [5.41, 5.74) is 0. The van der Waals surface area contributed by atoms with Crippen LogP contribution >= 0.6 is 0 Å². The molecule has 126 valence electrons. The summed E-state index contributed by atoms with van der Waals surface area (Å²) in [6.45, 7) is 12.4. The maximum atomic E-state index is 9.30. The van der Waals surface area contributed by atoms with E-state index in [9.17, 15) is 5.11 Å². The standard InChI is InChI=1S/C18H38N2O/c1-5-7-16-8-9-18(19-10-6-2)17(13-16)14-20(11-12-21)15(3)4/h15-19,21H,5-14H2,1-4H3. The van der Waals surface area contributed by atoms with Gasteiger partial charge in [-0.15, -0.1) is 0 Å². The average molecular weight is 299 g/mol. The lowest BCUT2D eigenvalue weighted by molar-refractivity contribution is 0.100. The van der Waals surface area contributed by atoms with Crippen molar-refractivity contribution >= 4 is 0 Å². The van der Waals surface area contributed by atoms with Crippen molar-refractivity contribution in [1.29, 1.82) is 0 Å². The first-order valence-corrected chi connectivity index (χ1v) is 9.20. The minimum Gasteiger partial charge on any atom is -0.395 e. The Morgan fingerprint density at radius 1 is 1.19 bits per heavy atom. The number of hydrogen-bond acceptors (Lipinski definition) is 3. The van der Waals surface area contributed by atoms with E-state index in [4.69, 9.17) is 0 Å². The third-order valence-corrected chi connectivity index (χ3v) is 5.03. The first-order chi connectivity index (χ1) is 10.1. The van der Waals surface area contributed by atoms with Gasteiger partial charge in [0.2, 0.25) is 0 Å². The lowest BCUT2D eigenvalue weighted by atomic mass is 9.76. The highest BCUT2D eigenvalue weighted by Gasteiger charge is 2.31. The second kappa shape index (κ2) is 10.6. The van der Waals surface area contributed by atoms with Crippen LogP contribution in [0.25, 0.3) is 0 Å². The molecule has 0 aromatic carbocycles. The van der Waals surface area contributed by atoms with Gasteiger partial charge < -0.3 is 10.4 Å². The number of hydrogen-bond donors (Lipinski definition) is 2. The topological polar surface area (TPSA) is 35.5 Å². The third kappa shape index (κ3) is 6.66. The van der Waals surface area contributed by atoms with E-state index in [1.54, 1.807) is 0 Å². The van der Waals surface area contributed by atoms with Crippen LogP contribution in [0.3, 0.4) is 0 Å². The molecule has 0 heterocycles. The zero-order chi connectivity index (χ0) is 15.7. The second-order valence-corrected chi connectivity index (χ2v) is 7.10. The fourth-order valence-electron chi connectivity index (χ4n) is 3.82. The van der Waals surface area contributed by atoms with Gasteiger partial charge in [0, 0.05) is 25.2 Å². The quantitative estimate of drug-likeness (QED) is 0.650. The van der Waals surface area contributed by atoms with Crippen molar-refractivity contribution in [3.63, 3.8) is 0 Å². The summed E-state index contributed by atoms with van der Waals surface area (Å²) in [6.07, 6.45) is 8.01. The summed E-state index contributed by atoms with van der Waals surface area (Å²) >= 11 is 0. The van der Waals surface area contributed by atoms with Crippen LogP contribution in [-0.4, -0.2) is 48.3 Å². The van der Waals surface area contributed by atoms with Crippen LogP contribution in [0.4, 0.5) is 0 Å². The summed E-state index contributed by atoms with van der Waals surface area (Å²) in [4.78, 5) is 2.46. The maximum Gasteiger partial charge on any atom is 0.0558 e. The molecule has 3 nitrogen and oxygen atoms in total. The van der Waals surface area contributed by atoms with E-state index < -0.39 is 0 Å². The molecule has 1 aliphatic carbocycles. The van der Waals surface area contributed by atoms with Crippen LogP contribution in [0.1, 0.15) is 66.2 Å². The van der Waals surface area contributed by atoms with Crippen molar-refractivity contribution in [3.05, 3.63) is 0 Å². The Hall–Kier alpha value is -0.120. The molecule has 1 saturated carbocycles. The molecule has 0 spiro atoms. The van der Waals surface area contributed by atoms with E-state index >= 15 is 0 Å². The van der Waals surface area contributed by atoms with Crippen molar-refractivity contribution in [1.82, 2.24) is 10.2 Å². The molecule has 3 heteroatoms. The highest BCUT2D eigenvalue weighted by Crippen LogP contribution is 2.33. The van der Waals surface area contributed by atoms with Crippen molar-refractivity contribution in [2.75, 3.05) is 26.2 Å². The van der Waals surface area contributed by atoms with Gasteiger partial charge in [0.1, 0.15) is 0 Å². The minimum atomic E-state index is 0.274. The Labute approximate surface area is 132 Å². The lowest BCUT2D eigenvalue weighted by Gasteiger charge is -2.40. The SMILES string of the molecule is CCCNC1CCC(CCC)CC1CN(CCO)C(C)C. The van der Waals surface area contributed by atoms with Crippen LogP contribution < -0.4 is 5.32 Å². The van der Waals surface area contributed by atoms with E-state index in [-0.39, 0.29) is 6.61 Å². The first-order valence-electron chi connectivity index (χ1n) is 9.20. The molecule has 0 bridgehead atoms. The van der Waals surface area contributed by atoms with E-state index in [0.717, 1.165) is 31.5 Å². The first kappa shape index (κ1) is 18.9. The van der Waals surface area contributed by atoms with Gasteiger partial charge in [-0.2, -0.15) is 0 Å². The Morgan fingerprint density at radius 3 is 2.52 bits per heavy atom. The lowest BCUT2D eigenvalue weighted by Crippen LogP contribution is -2.48. The van der Waals surface area contributed by atoms with Gasteiger partial charge in [0.25, 0.3) is 0 Å². The highest BCUT2D eigenvalue weighted by molar-refractivity contribution is 4.87. The average Bonchev–Trinajstić information content (AvgIpc) is 2.46. The third-order valence-electron chi connectivity index (χ3n) is 5.03.